The molecule has 1 aliphatic heterocycles. The summed E-state index contributed by atoms with van der Waals surface area (Å²) in [5.41, 5.74) is 7.45. The number of piperidine rings is 1. The molecule has 1 aliphatic rings. The lowest BCUT2D eigenvalue weighted by atomic mass is 10.1. The smallest absolute Gasteiger partial charge is 0.137 e. The molecule has 1 atom stereocenters. The summed E-state index contributed by atoms with van der Waals surface area (Å²) < 4.78 is 0. The Morgan fingerprint density at radius 3 is 2.76 bits per heavy atom. The molecule has 37 heavy (non-hydrogen) atoms. The van der Waals surface area contributed by atoms with Crippen molar-refractivity contribution in [2.75, 3.05) is 23.3 Å². The van der Waals surface area contributed by atoms with Crippen LogP contribution in [0.1, 0.15) is 39.5 Å². The first kappa shape index (κ1) is 23.2. The van der Waals surface area contributed by atoms with Gasteiger partial charge in [0.1, 0.15) is 11.5 Å². The lowest BCUT2D eigenvalue weighted by Crippen LogP contribution is -2.30. The molecule has 6 heterocycles. The maximum Gasteiger partial charge on any atom is 0.137 e. The van der Waals surface area contributed by atoms with E-state index in [4.69, 9.17) is 4.98 Å². The zero-order valence-electron chi connectivity index (χ0n) is 21.4. The highest BCUT2D eigenvalue weighted by molar-refractivity contribution is 5.99. The van der Waals surface area contributed by atoms with E-state index in [0.717, 1.165) is 81.2 Å². The van der Waals surface area contributed by atoms with Gasteiger partial charge in [-0.15, -0.1) is 0 Å². The molecule has 8 nitrogen and oxygen atoms in total. The van der Waals surface area contributed by atoms with Gasteiger partial charge in [-0.1, -0.05) is 20.4 Å². The van der Waals surface area contributed by atoms with Gasteiger partial charge < -0.3 is 15.2 Å². The number of aromatic nitrogens is 6. The van der Waals surface area contributed by atoms with Gasteiger partial charge in [0, 0.05) is 47.5 Å². The lowest BCUT2D eigenvalue weighted by Gasteiger charge is -2.28. The van der Waals surface area contributed by atoms with Crippen molar-refractivity contribution in [3.8, 4) is 22.6 Å². The van der Waals surface area contributed by atoms with Gasteiger partial charge >= 0.3 is 0 Å². The molecule has 0 aliphatic carbocycles. The van der Waals surface area contributed by atoms with Crippen LogP contribution in [0.2, 0.25) is 0 Å². The summed E-state index contributed by atoms with van der Waals surface area (Å²) >= 11 is 0. The molecule has 0 saturated carbocycles. The molecule has 8 heteroatoms. The van der Waals surface area contributed by atoms with Gasteiger partial charge in [0.15, 0.2) is 0 Å². The van der Waals surface area contributed by atoms with Gasteiger partial charge in [-0.05, 0) is 55.9 Å². The predicted octanol–water partition coefficient (Wildman–Crippen LogP) is 6.53. The number of pyridine rings is 3. The van der Waals surface area contributed by atoms with Crippen molar-refractivity contribution in [3.63, 3.8) is 0 Å². The Bertz CT molecular complexity index is 1570. The second-order valence-electron chi connectivity index (χ2n) is 9.94. The van der Waals surface area contributed by atoms with E-state index in [9.17, 15) is 0 Å². The van der Waals surface area contributed by atoms with E-state index in [1.165, 1.54) is 19.3 Å². The third-order valence-electron chi connectivity index (χ3n) is 7.43. The minimum atomic E-state index is 0.383. The summed E-state index contributed by atoms with van der Waals surface area (Å²) in [6, 6.07) is 8.35. The first-order valence-electron chi connectivity index (χ1n) is 13.1. The van der Waals surface area contributed by atoms with Crippen LogP contribution in [-0.4, -0.2) is 43.2 Å². The van der Waals surface area contributed by atoms with Crippen molar-refractivity contribution < 1.29 is 0 Å². The largest absolute Gasteiger partial charge is 0.358 e. The Labute approximate surface area is 216 Å². The molecular formula is C29H32N8. The Balaban J connectivity index is 1.36. The predicted molar refractivity (Wildman–Crippen MR) is 150 cm³/mol. The Morgan fingerprint density at radius 1 is 1.05 bits per heavy atom. The zero-order chi connectivity index (χ0) is 25.4. The first-order valence-corrected chi connectivity index (χ1v) is 13.1. The average Bonchev–Trinajstić information content (AvgIpc) is 3.56. The zero-order valence-corrected chi connectivity index (χ0v) is 21.4. The van der Waals surface area contributed by atoms with E-state index in [-0.39, 0.29) is 0 Å². The second kappa shape index (κ2) is 9.69. The molecular weight excluding hydrogens is 460 g/mol. The SMILES string of the molecule is C=C(Nc1cncc(-c2cc3c(-c4cc5c(N6CCCCC6)nccc5[nH]4)n[nH]c3cn2)c1)C(C)CC. The van der Waals surface area contributed by atoms with Crippen LogP contribution in [0.15, 0.2) is 61.3 Å². The number of allylic oxidation sites excluding steroid dienone is 1. The number of rotatable bonds is 7. The fraction of sp³-hybridized carbons (Fsp3) is 0.310. The Hall–Kier alpha value is -4.20. The van der Waals surface area contributed by atoms with Crippen LogP contribution in [0.5, 0.6) is 0 Å². The van der Waals surface area contributed by atoms with Crippen LogP contribution in [0, 0.1) is 5.92 Å². The molecule has 0 amide bonds. The van der Waals surface area contributed by atoms with Gasteiger partial charge in [0.25, 0.3) is 0 Å². The van der Waals surface area contributed by atoms with E-state index in [1.54, 1.807) is 0 Å². The van der Waals surface area contributed by atoms with Gasteiger partial charge in [-0.3, -0.25) is 15.1 Å². The molecule has 0 bridgehead atoms. The molecule has 188 valence electrons. The number of H-pyrrole nitrogens is 2. The summed E-state index contributed by atoms with van der Waals surface area (Å²) in [6.45, 7) is 10.6. The molecule has 1 fully saturated rings. The van der Waals surface area contributed by atoms with Crippen molar-refractivity contribution >= 4 is 33.3 Å². The molecule has 6 rings (SSSR count). The van der Waals surface area contributed by atoms with Gasteiger partial charge in [-0.25, -0.2) is 4.98 Å². The van der Waals surface area contributed by atoms with Crippen LogP contribution in [-0.2, 0) is 0 Å². The number of fused-ring (bicyclic) bond motifs is 2. The van der Waals surface area contributed by atoms with Crippen LogP contribution in [0.4, 0.5) is 11.5 Å². The molecule has 5 aromatic heterocycles. The van der Waals surface area contributed by atoms with Gasteiger partial charge in [0.2, 0.25) is 0 Å². The molecule has 5 aromatic rings. The fourth-order valence-electron chi connectivity index (χ4n) is 5.01. The summed E-state index contributed by atoms with van der Waals surface area (Å²) in [5.74, 6) is 1.44. The van der Waals surface area contributed by atoms with Crippen LogP contribution >= 0.6 is 0 Å². The summed E-state index contributed by atoms with van der Waals surface area (Å²) in [5, 5.41) is 13.3. The molecule has 1 unspecified atom stereocenters. The molecule has 0 radical (unpaired) electrons. The highest BCUT2D eigenvalue weighted by Gasteiger charge is 2.19. The third kappa shape index (κ3) is 4.43. The maximum atomic E-state index is 4.73. The molecule has 3 N–H and O–H groups in total. The topological polar surface area (TPSA) is 98.4 Å². The van der Waals surface area contributed by atoms with Crippen LogP contribution in [0.25, 0.3) is 44.5 Å². The normalized spacial score (nSPS) is 14.8. The Morgan fingerprint density at radius 2 is 1.92 bits per heavy atom. The number of aromatic amines is 2. The van der Waals surface area contributed by atoms with Crippen molar-refractivity contribution in [1.82, 2.24) is 30.1 Å². The molecule has 0 spiro atoms. The van der Waals surface area contributed by atoms with Gasteiger partial charge in [-0.2, -0.15) is 5.10 Å². The minimum absolute atomic E-state index is 0.383. The fourth-order valence-corrected chi connectivity index (χ4v) is 5.01. The van der Waals surface area contributed by atoms with E-state index in [0.29, 0.717) is 5.92 Å². The summed E-state index contributed by atoms with van der Waals surface area (Å²) in [7, 11) is 0. The highest BCUT2D eigenvalue weighted by Crippen LogP contribution is 2.34. The van der Waals surface area contributed by atoms with Crippen molar-refractivity contribution in [2.24, 2.45) is 5.92 Å². The van der Waals surface area contributed by atoms with Crippen LogP contribution < -0.4 is 10.2 Å². The summed E-state index contributed by atoms with van der Waals surface area (Å²) in [4.78, 5) is 19.8. The second-order valence-corrected chi connectivity index (χ2v) is 9.94. The van der Waals surface area contributed by atoms with Crippen molar-refractivity contribution in [1.29, 1.82) is 0 Å². The number of hydrogen-bond donors (Lipinski definition) is 3. The third-order valence-corrected chi connectivity index (χ3v) is 7.43. The standard InChI is InChI=1S/C29H32N8/c1-4-18(2)19(3)33-21-12-20(15-30-16-21)25-13-22-27(17-32-25)35-36-28(22)26-14-23-24(34-26)8-9-31-29(23)37-10-6-5-7-11-37/h8-9,12-18,33-34H,3-7,10-11H2,1-2H3,(H,35,36). The number of nitrogens with one attached hydrogen (secondary N) is 3. The van der Waals surface area contributed by atoms with E-state index in [2.05, 4.69) is 74.0 Å². The maximum absolute atomic E-state index is 4.73. The monoisotopic (exact) mass is 492 g/mol. The van der Waals surface area contributed by atoms with E-state index in [1.807, 2.05) is 30.9 Å². The first-order chi connectivity index (χ1) is 18.1. The van der Waals surface area contributed by atoms with Gasteiger partial charge in [0.05, 0.1) is 40.5 Å². The Kier molecular flexibility index (Phi) is 6.08. The summed E-state index contributed by atoms with van der Waals surface area (Å²) in [6.07, 6.45) is 12.1. The van der Waals surface area contributed by atoms with E-state index < -0.39 is 0 Å². The van der Waals surface area contributed by atoms with Crippen molar-refractivity contribution in [3.05, 3.63) is 61.3 Å². The van der Waals surface area contributed by atoms with Crippen molar-refractivity contribution in [2.45, 2.75) is 39.5 Å². The quantitative estimate of drug-likeness (QED) is 0.239. The lowest BCUT2D eigenvalue weighted by molar-refractivity contribution is 0.575. The highest BCUT2D eigenvalue weighted by atomic mass is 15.2. The van der Waals surface area contributed by atoms with E-state index >= 15 is 0 Å². The molecule has 1 saturated heterocycles. The minimum Gasteiger partial charge on any atom is -0.358 e. The molecule has 0 aromatic carbocycles. The number of hydrogen-bond acceptors (Lipinski definition) is 6. The van der Waals surface area contributed by atoms with Crippen LogP contribution in [0.3, 0.4) is 0 Å². The number of anilines is 2. The average molecular weight is 493 g/mol. The number of nitrogens with zero attached hydrogens (tertiary/aromatic N) is 5.